The molecule has 0 aliphatic carbocycles. The third-order valence-electron chi connectivity index (χ3n) is 4.61. The van der Waals surface area contributed by atoms with Gasteiger partial charge in [0.25, 0.3) is 5.91 Å². The first-order valence-electron chi connectivity index (χ1n) is 9.71. The first kappa shape index (κ1) is 23.5. The van der Waals surface area contributed by atoms with Crippen LogP contribution in [0.4, 0.5) is 5.69 Å². The lowest BCUT2D eigenvalue weighted by molar-refractivity contribution is -0.116. The van der Waals surface area contributed by atoms with Crippen LogP contribution in [0.3, 0.4) is 0 Å². The molecule has 0 aliphatic heterocycles. The minimum absolute atomic E-state index is 0.00339. The van der Waals surface area contributed by atoms with E-state index in [1.807, 2.05) is 6.07 Å². The quantitative estimate of drug-likeness (QED) is 0.525. The molecule has 0 fully saturated rings. The second-order valence-corrected chi connectivity index (χ2v) is 9.30. The van der Waals surface area contributed by atoms with Crippen LogP contribution in [0.15, 0.2) is 83.8 Å². The number of hydrogen-bond donors (Lipinski definition) is 2. The maximum Gasteiger partial charge on any atom is 0.251 e. The topological polar surface area (TPSA) is 95.6 Å². The summed E-state index contributed by atoms with van der Waals surface area (Å²) in [6.45, 7) is -0.389. The van der Waals surface area contributed by atoms with Gasteiger partial charge in [-0.25, -0.2) is 8.42 Å². The van der Waals surface area contributed by atoms with E-state index in [-0.39, 0.29) is 22.4 Å². The molecule has 0 aromatic heterocycles. The zero-order valence-corrected chi connectivity index (χ0v) is 18.9. The Bertz CT molecular complexity index is 1200. The van der Waals surface area contributed by atoms with Gasteiger partial charge in [0.2, 0.25) is 15.9 Å². The first-order valence-corrected chi connectivity index (χ1v) is 11.5. The fourth-order valence-electron chi connectivity index (χ4n) is 3.00. The van der Waals surface area contributed by atoms with Gasteiger partial charge in [0.15, 0.2) is 0 Å². The van der Waals surface area contributed by atoms with E-state index in [2.05, 4.69) is 10.6 Å². The molecule has 9 heteroatoms. The standard InChI is InChI=1S/C23H22ClN3O4S/c1-25-23(29)18-10-12-20(13-11-18)26-22(28)16-27(15-17-6-3-2-4-7-17)32(30,31)21-9-5-8-19(24)14-21/h2-14H,15-16H2,1H3,(H,25,29)(H,26,28). The van der Waals surface area contributed by atoms with Crippen molar-refractivity contribution in [1.29, 1.82) is 0 Å². The van der Waals surface area contributed by atoms with Gasteiger partial charge in [-0.2, -0.15) is 4.31 Å². The minimum Gasteiger partial charge on any atom is -0.355 e. The summed E-state index contributed by atoms with van der Waals surface area (Å²) >= 11 is 5.98. The predicted octanol–water partition coefficient (Wildman–Crippen LogP) is 3.53. The van der Waals surface area contributed by atoms with Crippen LogP contribution < -0.4 is 10.6 Å². The van der Waals surface area contributed by atoms with Crippen molar-refractivity contribution in [2.75, 3.05) is 18.9 Å². The van der Waals surface area contributed by atoms with E-state index in [1.165, 1.54) is 19.2 Å². The molecule has 3 aromatic rings. The molecule has 0 bridgehead atoms. The van der Waals surface area contributed by atoms with E-state index in [1.54, 1.807) is 60.7 Å². The summed E-state index contributed by atoms with van der Waals surface area (Å²) in [5.74, 6) is -0.760. The molecule has 0 heterocycles. The number of anilines is 1. The minimum atomic E-state index is -4.00. The van der Waals surface area contributed by atoms with Gasteiger partial charge in [-0.3, -0.25) is 9.59 Å². The normalized spacial score (nSPS) is 11.2. The van der Waals surface area contributed by atoms with E-state index in [0.29, 0.717) is 11.3 Å². The van der Waals surface area contributed by atoms with Crippen molar-refractivity contribution in [2.45, 2.75) is 11.4 Å². The van der Waals surface area contributed by atoms with E-state index in [9.17, 15) is 18.0 Å². The van der Waals surface area contributed by atoms with E-state index in [0.717, 1.165) is 9.87 Å². The molecule has 3 rings (SSSR count). The van der Waals surface area contributed by atoms with Crippen LogP contribution in [0.2, 0.25) is 5.02 Å². The average Bonchev–Trinajstić information content (AvgIpc) is 2.79. The first-order chi connectivity index (χ1) is 15.3. The molecule has 32 heavy (non-hydrogen) atoms. The maximum absolute atomic E-state index is 13.3. The highest BCUT2D eigenvalue weighted by Crippen LogP contribution is 2.22. The lowest BCUT2D eigenvalue weighted by atomic mass is 10.2. The second kappa shape index (κ2) is 10.4. The number of nitrogens with one attached hydrogen (secondary N) is 2. The Morgan fingerprint density at radius 3 is 2.25 bits per heavy atom. The number of hydrogen-bond acceptors (Lipinski definition) is 4. The van der Waals surface area contributed by atoms with Crippen molar-refractivity contribution in [3.8, 4) is 0 Å². The van der Waals surface area contributed by atoms with Crippen molar-refractivity contribution < 1.29 is 18.0 Å². The van der Waals surface area contributed by atoms with Gasteiger partial charge >= 0.3 is 0 Å². The Labute approximate surface area is 192 Å². The van der Waals surface area contributed by atoms with Crippen LogP contribution in [0.25, 0.3) is 0 Å². The molecule has 0 saturated heterocycles. The van der Waals surface area contributed by atoms with Crippen molar-refractivity contribution in [3.05, 3.63) is 95.0 Å². The molecule has 0 saturated carbocycles. The van der Waals surface area contributed by atoms with Gasteiger partial charge < -0.3 is 10.6 Å². The van der Waals surface area contributed by atoms with Crippen LogP contribution in [0, 0.1) is 0 Å². The number of amides is 2. The fourth-order valence-corrected chi connectivity index (χ4v) is 4.69. The number of rotatable bonds is 8. The highest BCUT2D eigenvalue weighted by atomic mass is 35.5. The Balaban J connectivity index is 1.82. The molecular weight excluding hydrogens is 450 g/mol. The molecule has 166 valence electrons. The average molecular weight is 472 g/mol. The Morgan fingerprint density at radius 1 is 0.938 bits per heavy atom. The number of sulfonamides is 1. The molecule has 3 aromatic carbocycles. The SMILES string of the molecule is CNC(=O)c1ccc(NC(=O)CN(Cc2ccccc2)S(=O)(=O)c2cccc(Cl)c2)cc1. The summed E-state index contributed by atoms with van der Waals surface area (Å²) in [7, 11) is -2.47. The molecule has 0 aliphatic rings. The Kier molecular flexibility index (Phi) is 7.63. The van der Waals surface area contributed by atoms with Crippen LogP contribution >= 0.6 is 11.6 Å². The van der Waals surface area contributed by atoms with E-state index < -0.39 is 22.5 Å². The van der Waals surface area contributed by atoms with Gasteiger partial charge in [-0.1, -0.05) is 48.0 Å². The summed E-state index contributed by atoms with van der Waals surface area (Å²) in [4.78, 5) is 24.4. The lowest BCUT2D eigenvalue weighted by Crippen LogP contribution is -2.37. The molecule has 0 radical (unpaired) electrons. The van der Waals surface area contributed by atoms with Crippen LogP contribution in [0.5, 0.6) is 0 Å². The zero-order chi connectivity index (χ0) is 23.1. The summed E-state index contributed by atoms with van der Waals surface area (Å²) < 4.78 is 27.6. The third kappa shape index (κ3) is 5.94. The van der Waals surface area contributed by atoms with E-state index in [4.69, 9.17) is 11.6 Å². The molecule has 0 spiro atoms. The van der Waals surface area contributed by atoms with Gasteiger partial charge in [-0.15, -0.1) is 0 Å². The van der Waals surface area contributed by atoms with Crippen LogP contribution in [0.1, 0.15) is 15.9 Å². The maximum atomic E-state index is 13.3. The largest absolute Gasteiger partial charge is 0.355 e. The predicted molar refractivity (Wildman–Crippen MR) is 124 cm³/mol. The second-order valence-electron chi connectivity index (χ2n) is 6.92. The Hall–Kier alpha value is -3.20. The highest BCUT2D eigenvalue weighted by molar-refractivity contribution is 7.89. The number of carbonyl (C=O) groups is 2. The number of carbonyl (C=O) groups excluding carboxylic acids is 2. The van der Waals surface area contributed by atoms with Crippen molar-refractivity contribution in [1.82, 2.24) is 9.62 Å². The third-order valence-corrected chi connectivity index (χ3v) is 6.64. The van der Waals surface area contributed by atoms with Crippen molar-refractivity contribution >= 4 is 39.1 Å². The molecule has 0 atom stereocenters. The summed E-state index contributed by atoms with van der Waals surface area (Å²) in [5, 5.41) is 5.48. The molecular formula is C23H22ClN3O4S. The van der Waals surface area contributed by atoms with Gasteiger partial charge in [-0.05, 0) is 48.0 Å². The summed E-state index contributed by atoms with van der Waals surface area (Å²) in [5.41, 5.74) is 1.63. The van der Waals surface area contributed by atoms with Crippen molar-refractivity contribution in [2.24, 2.45) is 0 Å². The van der Waals surface area contributed by atoms with Crippen LogP contribution in [-0.4, -0.2) is 38.1 Å². The fraction of sp³-hybridized carbons (Fsp3) is 0.130. The zero-order valence-electron chi connectivity index (χ0n) is 17.3. The van der Waals surface area contributed by atoms with E-state index >= 15 is 0 Å². The number of nitrogens with zero attached hydrogens (tertiary/aromatic N) is 1. The smallest absolute Gasteiger partial charge is 0.251 e. The van der Waals surface area contributed by atoms with Crippen LogP contribution in [-0.2, 0) is 21.4 Å². The monoisotopic (exact) mass is 471 g/mol. The van der Waals surface area contributed by atoms with Gasteiger partial charge in [0.05, 0.1) is 11.4 Å². The molecule has 7 nitrogen and oxygen atoms in total. The van der Waals surface area contributed by atoms with Gasteiger partial charge in [0, 0.05) is 29.9 Å². The lowest BCUT2D eigenvalue weighted by Gasteiger charge is -2.22. The molecule has 0 unspecified atom stereocenters. The summed E-state index contributed by atoms with van der Waals surface area (Å²) in [6, 6.07) is 21.2. The summed E-state index contributed by atoms with van der Waals surface area (Å²) in [6.07, 6.45) is 0. The number of benzene rings is 3. The van der Waals surface area contributed by atoms with Gasteiger partial charge in [0.1, 0.15) is 0 Å². The molecule has 2 N–H and O–H groups in total. The molecule has 2 amide bonds. The highest BCUT2D eigenvalue weighted by Gasteiger charge is 2.27. The van der Waals surface area contributed by atoms with Crippen molar-refractivity contribution in [3.63, 3.8) is 0 Å². The number of halogens is 1. The Morgan fingerprint density at radius 2 is 1.62 bits per heavy atom.